The van der Waals surface area contributed by atoms with Crippen LogP contribution in [0.3, 0.4) is 0 Å². The average molecular weight is 323 g/mol. The van der Waals surface area contributed by atoms with Crippen LogP contribution in [0.15, 0.2) is 23.1 Å². The molecule has 0 aromatic heterocycles. The molecule has 0 amide bonds. The van der Waals surface area contributed by atoms with Crippen molar-refractivity contribution in [3.8, 4) is 5.75 Å². The minimum absolute atomic E-state index is 0.146. The highest BCUT2D eigenvalue weighted by molar-refractivity contribution is 7.89. The summed E-state index contributed by atoms with van der Waals surface area (Å²) in [5.74, 6) is 0.0410. The van der Waals surface area contributed by atoms with E-state index in [9.17, 15) is 21.6 Å². The SMILES string of the molecule is COc1cc(C(F)(F)F)cc(S(=O)(=O)NC2CCC2C)c1. The van der Waals surface area contributed by atoms with Crippen LogP contribution in [0.1, 0.15) is 25.3 Å². The molecule has 1 saturated carbocycles. The fourth-order valence-electron chi connectivity index (χ4n) is 2.12. The molecular weight excluding hydrogens is 307 g/mol. The Bertz CT molecular complexity index is 628. The zero-order chi connectivity index (χ0) is 15.8. The number of alkyl halides is 3. The summed E-state index contributed by atoms with van der Waals surface area (Å²) in [6.07, 6.45) is -3.04. The molecule has 1 fully saturated rings. The minimum Gasteiger partial charge on any atom is -0.497 e. The number of rotatable bonds is 4. The zero-order valence-electron chi connectivity index (χ0n) is 11.6. The van der Waals surface area contributed by atoms with Crippen molar-refractivity contribution in [3.05, 3.63) is 23.8 Å². The first-order valence-electron chi connectivity index (χ1n) is 6.42. The molecule has 118 valence electrons. The van der Waals surface area contributed by atoms with Gasteiger partial charge in [0.05, 0.1) is 17.6 Å². The molecule has 1 aliphatic carbocycles. The van der Waals surface area contributed by atoms with E-state index in [0.717, 1.165) is 18.6 Å². The van der Waals surface area contributed by atoms with Gasteiger partial charge in [-0.1, -0.05) is 6.92 Å². The lowest BCUT2D eigenvalue weighted by atomic mass is 9.82. The van der Waals surface area contributed by atoms with Gasteiger partial charge in [0.2, 0.25) is 10.0 Å². The maximum atomic E-state index is 12.8. The Balaban J connectivity index is 2.37. The van der Waals surface area contributed by atoms with Gasteiger partial charge < -0.3 is 4.74 Å². The van der Waals surface area contributed by atoms with Crippen LogP contribution in [-0.2, 0) is 16.2 Å². The van der Waals surface area contributed by atoms with Gasteiger partial charge in [0.15, 0.2) is 0 Å². The van der Waals surface area contributed by atoms with Crippen LogP contribution in [0.2, 0.25) is 0 Å². The van der Waals surface area contributed by atoms with Crippen LogP contribution >= 0.6 is 0 Å². The number of hydrogen-bond donors (Lipinski definition) is 1. The van der Waals surface area contributed by atoms with Gasteiger partial charge in [-0.05, 0) is 30.9 Å². The molecular formula is C13H16F3NO3S. The van der Waals surface area contributed by atoms with Crippen LogP contribution in [0, 0.1) is 5.92 Å². The summed E-state index contributed by atoms with van der Waals surface area (Å²) < 4.78 is 70.0. The molecule has 0 heterocycles. The van der Waals surface area contributed by atoms with Crippen LogP contribution in [0.4, 0.5) is 13.2 Å². The Labute approximate surface area is 121 Å². The summed E-state index contributed by atoms with van der Waals surface area (Å²) in [5, 5.41) is 0. The van der Waals surface area contributed by atoms with Gasteiger partial charge in [0.1, 0.15) is 5.75 Å². The quantitative estimate of drug-likeness (QED) is 0.927. The molecule has 4 nitrogen and oxygen atoms in total. The molecule has 2 unspecified atom stereocenters. The van der Waals surface area contributed by atoms with Crippen molar-refractivity contribution in [2.24, 2.45) is 5.92 Å². The number of methoxy groups -OCH3 is 1. The van der Waals surface area contributed by atoms with E-state index in [4.69, 9.17) is 4.74 Å². The van der Waals surface area contributed by atoms with Gasteiger partial charge in [-0.25, -0.2) is 13.1 Å². The first-order chi connectivity index (χ1) is 9.63. The van der Waals surface area contributed by atoms with Crippen molar-refractivity contribution in [2.75, 3.05) is 7.11 Å². The summed E-state index contributed by atoms with van der Waals surface area (Å²) in [4.78, 5) is -0.437. The molecule has 21 heavy (non-hydrogen) atoms. The predicted molar refractivity (Wildman–Crippen MR) is 70.5 cm³/mol. The lowest BCUT2D eigenvalue weighted by molar-refractivity contribution is -0.137. The highest BCUT2D eigenvalue weighted by Crippen LogP contribution is 2.34. The van der Waals surface area contributed by atoms with E-state index < -0.39 is 26.7 Å². The topological polar surface area (TPSA) is 55.4 Å². The molecule has 1 aromatic rings. The molecule has 1 N–H and O–H groups in total. The van der Waals surface area contributed by atoms with E-state index >= 15 is 0 Å². The molecule has 0 aliphatic heterocycles. The van der Waals surface area contributed by atoms with E-state index in [1.165, 1.54) is 7.11 Å². The van der Waals surface area contributed by atoms with Gasteiger partial charge in [-0.15, -0.1) is 0 Å². The smallest absolute Gasteiger partial charge is 0.416 e. The lowest BCUT2D eigenvalue weighted by Gasteiger charge is -2.34. The Hall–Kier alpha value is -1.28. The van der Waals surface area contributed by atoms with Crippen molar-refractivity contribution in [1.29, 1.82) is 0 Å². The molecule has 1 aromatic carbocycles. The van der Waals surface area contributed by atoms with E-state index in [1.807, 2.05) is 6.92 Å². The normalized spacial score (nSPS) is 22.7. The summed E-state index contributed by atoms with van der Waals surface area (Å²) in [7, 11) is -2.81. The van der Waals surface area contributed by atoms with Gasteiger partial charge in [0, 0.05) is 12.1 Å². The Kier molecular flexibility index (Phi) is 4.21. The summed E-state index contributed by atoms with van der Waals surface area (Å²) in [6, 6.07) is 2.25. The lowest BCUT2D eigenvalue weighted by Crippen LogP contribution is -2.45. The molecule has 0 radical (unpaired) electrons. The van der Waals surface area contributed by atoms with Crippen LogP contribution in [0.25, 0.3) is 0 Å². The van der Waals surface area contributed by atoms with E-state index in [0.29, 0.717) is 12.5 Å². The zero-order valence-corrected chi connectivity index (χ0v) is 12.4. The monoisotopic (exact) mass is 323 g/mol. The third-order valence-corrected chi connectivity index (χ3v) is 5.15. The third kappa shape index (κ3) is 3.49. The standard InChI is InChI=1S/C13H16F3NO3S/c1-8-3-4-12(8)17-21(18,19)11-6-9(13(14,15)16)5-10(7-11)20-2/h5-8,12,17H,3-4H2,1-2H3. The third-order valence-electron chi connectivity index (χ3n) is 3.68. The largest absolute Gasteiger partial charge is 0.497 e. The van der Waals surface area contributed by atoms with E-state index in [1.54, 1.807) is 0 Å². The summed E-state index contributed by atoms with van der Waals surface area (Å²) >= 11 is 0. The van der Waals surface area contributed by atoms with Crippen molar-refractivity contribution >= 4 is 10.0 Å². The fraction of sp³-hybridized carbons (Fsp3) is 0.538. The van der Waals surface area contributed by atoms with E-state index in [2.05, 4.69) is 4.72 Å². The van der Waals surface area contributed by atoms with Crippen molar-refractivity contribution in [2.45, 2.75) is 36.9 Å². The number of nitrogens with one attached hydrogen (secondary N) is 1. The van der Waals surface area contributed by atoms with Crippen molar-refractivity contribution in [3.63, 3.8) is 0 Å². The summed E-state index contributed by atoms with van der Waals surface area (Å²) in [5.41, 5.74) is -1.05. The van der Waals surface area contributed by atoms with Crippen molar-refractivity contribution in [1.82, 2.24) is 4.72 Å². The molecule has 2 rings (SSSR count). The van der Waals surface area contributed by atoms with Crippen LogP contribution in [0.5, 0.6) is 5.75 Å². The second-order valence-electron chi connectivity index (χ2n) is 5.18. The van der Waals surface area contributed by atoms with Gasteiger partial charge in [0.25, 0.3) is 0 Å². The van der Waals surface area contributed by atoms with Crippen LogP contribution < -0.4 is 9.46 Å². The number of hydrogen-bond acceptors (Lipinski definition) is 3. The molecule has 0 bridgehead atoms. The van der Waals surface area contributed by atoms with Crippen molar-refractivity contribution < 1.29 is 26.3 Å². The van der Waals surface area contributed by atoms with Gasteiger partial charge in [-0.3, -0.25) is 0 Å². The first kappa shape index (κ1) is 16.1. The minimum atomic E-state index is -4.64. The molecule has 2 atom stereocenters. The Morgan fingerprint density at radius 2 is 1.90 bits per heavy atom. The maximum absolute atomic E-state index is 12.8. The number of ether oxygens (including phenoxy) is 1. The second-order valence-corrected chi connectivity index (χ2v) is 6.89. The Morgan fingerprint density at radius 3 is 2.33 bits per heavy atom. The summed E-state index contributed by atoms with van der Waals surface area (Å²) in [6.45, 7) is 1.89. The highest BCUT2D eigenvalue weighted by Gasteiger charge is 2.35. The van der Waals surface area contributed by atoms with Crippen LogP contribution in [-0.4, -0.2) is 21.6 Å². The number of benzene rings is 1. The maximum Gasteiger partial charge on any atom is 0.416 e. The van der Waals surface area contributed by atoms with E-state index in [-0.39, 0.29) is 17.7 Å². The number of sulfonamides is 1. The Morgan fingerprint density at radius 1 is 1.24 bits per heavy atom. The average Bonchev–Trinajstić information content (AvgIpc) is 2.41. The number of halogens is 3. The molecule has 8 heteroatoms. The van der Waals surface area contributed by atoms with Gasteiger partial charge in [-0.2, -0.15) is 13.2 Å². The molecule has 1 aliphatic rings. The first-order valence-corrected chi connectivity index (χ1v) is 7.90. The predicted octanol–water partition coefficient (Wildman–Crippen LogP) is 2.79. The highest BCUT2D eigenvalue weighted by atomic mass is 32.2. The molecule has 0 spiro atoms. The second kappa shape index (κ2) is 5.49. The van der Waals surface area contributed by atoms with Gasteiger partial charge >= 0.3 is 6.18 Å². The fourth-order valence-corrected chi connectivity index (χ4v) is 3.56. The molecule has 0 saturated heterocycles.